The van der Waals surface area contributed by atoms with Gasteiger partial charge in [-0.1, -0.05) is 44.4 Å². The summed E-state index contributed by atoms with van der Waals surface area (Å²) in [4.78, 5) is 0. The van der Waals surface area contributed by atoms with Crippen LogP contribution in [0.4, 0.5) is 4.39 Å². The highest BCUT2D eigenvalue weighted by Crippen LogP contribution is 2.37. The lowest BCUT2D eigenvalue weighted by molar-refractivity contribution is 0.228. The molecule has 1 nitrogen and oxygen atoms in total. The van der Waals surface area contributed by atoms with Crippen molar-refractivity contribution in [2.45, 2.75) is 58.9 Å². The molecule has 1 saturated carbocycles. The van der Waals surface area contributed by atoms with Gasteiger partial charge in [0.05, 0.1) is 0 Å². The van der Waals surface area contributed by atoms with Gasteiger partial charge in [-0.2, -0.15) is 0 Å². The van der Waals surface area contributed by atoms with Crippen LogP contribution in [0.3, 0.4) is 0 Å². The van der Waals surface area contributed by atoms with Crippen molar-refractivity contribution >= 4 is 0 Å². The Balaban J connectivity index is 2.20. The third-order valence-corrected chi connectivity index (χ3v) is 4.63. The minimum atomic E-state index is -0.0529. The molecule has 1 aliphatic carbocycles. The standard InChI is InChI=1S/C18H28FN/c1-4-11-20-18(15-8-5-13(2)6-9-15)16-12-14(3)7-10-17(16)19/h7,10,12-13,15,18,20H,4-6,8-9,11H2,1-3H3. The van der Waals surface area contributed by atoms with Crippen LogP contribution in [-0.4, -0.2) is 6.54 Å². The van der Waals surface area contributed by atoms with Crippen molar-refractivity contribution in [3.8, 4) is 0 Å². The molecule has 1 N–H and O–H groups in total. The smallest absolute Gasteiger partial charge is 0.128 e. The first-order valence-corrected chi connectivity index (χ1v) is 8.11. The molecule has 1 fully saturated rings. The van der Waals surface area contributed by atoms with Crippen LogP contribution in [0.15, 0.2) is 18.2 Å². The number of aryl methyl sites for hydroxylation is 1. The van der Waals surface area contributed by atoms with E-state index in [2.05, 4.69) is 19.2 Å². The molecule has 1 atom stereocenters. The summed E-state index contributed by atoms with van der Waals surface area (Å²) in [6, 6.07) is 5.69. The van der Waals surface area contributed by atoms with Gasteiger partial charge >= 0.3 is 0 Å². The summed E-state index contributed by atoms with van der Waals surface area (Å²) >= 11 is 0. The topological polar surface area (TPSA) is 12.0 Å². The number of nitrogens with one attached hydrogen (secondary N) is 1. The lowest BCUT2D eigenvalue weighted by Crippen LogP contribution is -2.32. The lowest BCUT2D eigenvalue weighted by atomic mass is 9.77. The molecular formula is C18H28FN. The third-order valence-electron chi connectivity index (χ3n) is 4.63. The minimum absolute atomic E-state index is 0.0529. The van der Waals surface area contributed by atoms with Crippen LogP contribution >= 0.6 is 0 Å². The fourth-order valence-electron chi connectivity index (χ4n) is 3.35. The Kier molecular flexibility index (Phi) is 5.59. The molecule has 0 heterocycles. The van der Waals surface area contributed by atoms with E-state index in [4.69, 9.17) is 0 Å². The van der Waals surface area contributed by atoms with Gasteiger partial charge < -0.3 is 5.32 Å². The first kappa shape index (κ1) is 15.5. The van der Waals surface area contributed by atoms with Gasteiger partial charge in [0.2, 0.25) is 0 Å². The van der Waals surface area contributed by atoms with E-state index in [1.165, 1.54) is 25.7 Å². The van der Waals surface area contributed by atoms with Crippen LogP contribution in [0, 0.1) is 24.6 Å². The van der Waals surface area contributed by atoms with E-state index in [1.807, 2.05) is 19.1 Å². The Morgan fingerprint density at radius 2 is 1.95 bits per heavy atom. The van der Waals surface area contributed by atoms with Gasteiger partial charge in [0.25, 0.3) is 0 Å². The summed E-state index contributed by atoms with van der Waals surface area (Å²) in [5.41, 5.74) is 2.02. The molecule has 1 aromatic rings. The van der Waals surface area contributed by atoms with Crippen LogP contribution in [0.5, 0.6) is 0 Å². The minimum Gasteiger partial charge on any atom is -0.310 e. The Morgan fingerprint density at radius 3 is 2.60 bits per heavy atom. The Morgan fingerprint density at radius 1 is 1.25 bits per heavy atom. The third kappa shape index (κ3) is 3.82. The molecule has 0 bridgehead atoms. The first-order chi connectivity index (χ1) is 9.61. The first-order valence-electron chi connectivity index (χ1n) is 8.11. The van der Waals surface area contributed by atoms with Gasteiger partial charge in [0.15, 0.2) is 0 Å². The molecule has 0 spiro atoms. The predicted octanol–water partition coefficient (Wildman–Crippen LogP) is 5.00. The molecule has 2 heteroatoms. The highest BCUT2D eigenvalue weighted by molar-refractivity contribution is 5.27. The quantitative estimate of drug-likeness (QED) is 0.798. The van der Waals surface area contributed by atoms with E-state index in [1.54, 1.807) is 6.07 Å². The van der Waals surface area contributed by atoms with Crippen LogP contribution in [0.2, 0.25) is 0 Å². The average molecular weight is 277 g/mol. The molecule has 20 heavy (non-hydrogen) atoms. The van der Waals surface area contributed by atoms with Gasteiger partial charge in [0.1, 0.15) is 5.82 Å². The molecule has 1 aromatic carbocycles. The van der Waals surface area contributed by atoms with Gasteiger partial charge in [-0.25, -0.2) is 4.39 Å². The van der Waals surface area contributed by atoms with Crippen molar-refractivity contribution < 1.29 is 4.39 Å². The molecule has 0 amide bonds. The molecular weight excluding hydrogens is 249 g/mol. The summed E-state index contributed by atoms with van der Waals surface area (Å²) in [6.07, 6.45) is 6.09. The maximum absolute atomic E-state index is 14.2. The van der Waals surface area contributed by atoms with Gasteiger partial charge in [0, 0.05) is 11.6 Å². The van der Waals surface area contributed by atoms with Crippen molar-refractivity contribution in [2.24, 2.45) is 11.8 Å². The fourth-order valence-corrected chi connectivity index (χ4v) is 3.35. The molecule has 2 rings (SSSR count). The van der Waals surface area contributed by atoms with Crippen LogP contribution in [-0.2, 0) is 0 Å². The number of hydrogen-bond donors (Lipinski definition) is 1. The Hall–Kier alpha value is -0.890. The van der Waals surface area contributed by atoms with E-state index in [-0.39, 0.29) is 11.9 Å². The lowest BCUT2D eigenvalue weighted by Gasteiger charge is -2.34. The van der Waals surface area contributed by atoms with Crippen LogP contribution < -0.4 is 5.32 Å². The van der Waals surface area contributed by atoms with E-state index in [0.29, 0.717) is 5.92 Å². The summed E-state index contributed by atoms with van der Waals surface area (Å²) in [6.45, 7) is 7.50. The highest BCUT2D eigenvalue weighted by atomic mass is 19.1. The number of halogens is 1. The average Bonchev–Trinajstić information content (AvgIpc) is 2.44. The number of benzene rings is 1. The van der Waals surface area contributed by atoms with Crippen LogP contribution in [0.1, 0.15) is 63.1 Å². The maximum Gasteiger partial charge on any atom is 0.128 e. The Labute approximate surface area is 123 Å². The fraction of sp³-hybridized carbons (Fsp3) is 0.667. The Bertz CT molecular complexity index is 421. The summed E-state index contributed by atoms with van der Waals surface area (Å²) < 4.78 is 14.2. The maximum atomic E-state index is 14.2. The van der Waals surface area contributed by atoms with Gasteiger partial charge in [-0.15, -0.1) is 0 Å². The van der Waals surface area contributed by atoms with Crippen molar-refractivity contribution in [3.63, 3.8) is 0 Å². The highest BCUT2D eigenvalue weighted by Gasteiger charge is 2.28. The second-order valence-electron chi connectivity index (χ2n) is 6.48. The zero-order chi connectivity index (χ0) is 14.5. The largest absolute Gasteiger partial charge is 0.310 e. The monoisotopic (exact) mass is 277 g/mol. The van der Waals surface area contributed by atoms with Gasteiger partial charge in [-0.3, -0.25) is 0 Å². The molecule has 1 aliphatic rings. The zero-order valence-corrected chi connectivity index (χ0v) is 13.1. The molecule has 0 aromatic heterocycles. The van der Waals surface area contributed by atoms with Crippen molar-refractivity contribution in [1.82, 2.24) is 5.32 Å². The van der Waals surface area contributed by atoms with E-state index in [9.17, 15) is 4.39 Å². The normalized spacial score (nSPS) is 24.6. The van der Waals surface area contributed by atoms with E-state index < -0.39 is 0 Å². The SMILES string of the molecule is CCCNC(c1cc(C)ccc1F)C1CCC(C)CC1. The van der Waals surface area contributed by atoms with E-state index >= 15 is 0 Å². The van der Waals surface area contributed by atoms with Crippen molar-refractivity contribution in [2.75, 3.05) is 6.54 Å². The second-order valence-corrected chi connectivity index (χ2v) is 6.48. The number of hydrogen-bond acceptors (Lipinski definition) is 1. The molecule has 0 aliphatic heterocycles. The predicted molar refractivity (Wildman–Crippen MR) is 83.3 cm³/mol. The van der Waals surface area contributed by atoms with Crippen molar-refractivity contribution in [3.05, 3.63) is 35.1 Å². The molecule has 0 saturated heterocycles. The second kappa shape index (κ2) is 7.21. The number of rotatable bonds is 5. The molecule has 1 unspecified atom stereocenters. The van der Waals surface area contributed by atoms with E-state index in [0.717, 1.165) is 30.0 Å². The van der Waals surface area contributed by atoms with Crippen molar-refractivity contribution in [1.29, 1.82) is 0 Å². The van der Waals surface area contributed by atoms with Crippen LogP contribution in [0.25, 0.3) is 0 Å². The molecule has 0 radical (unpaired) electrons. The summed E-state index contributed by atoms with van der Waals surface area (Å²) in [5, 5.41) is 3.60. The summed E-state index contributed by atoms with van der Waals surface area (Å²) in [7, 11) is 0. The molecule has 112 valence electrons. The summed E-state index contributed by atoms with van der Waals surface area (Å²) in [5.74, 6) is 1.36. The zero-order valence-electron chi connectivity index (χ0n) is 13.1. The van der Waals surface area contributed by atoms with Gasteiger partial charge in [-0.05, 0) is 50.6 Å².